The minimum atomic E-state index is -0.869. The highest BCUT2D eigenvalue weighted by atomic mass is 35.5. The molecule has 0 spiro atoms. The monoisotopic (exact) mass is 1970 g/mol. The third-order valence-corrected chi connectivity index (χ3v) is 23.7. The number of imide groups is 2. The second-order valence-electron chi connectivity index (χ2n) is 33.9. The van der Waals surface area contributed by atoms with Gasteiger partial charge >= 0.3 is 41.9 Å². The normalized spacial score (nSPS) is 13.7. The smallest absolute Gasteiger partial charge is 0.412 e. The minimum Gasteiger partial charge on any atom is -0.478 e. The topological polar surface area (TPSA) is 467 Å². The lowest BCUT2D eigenvalue weighted by atomic mass is 9.82. The molecular weight excluding hydrogens is 1850 g/mol. The molecule has 5 aliphatic rings. The summed E-state index contributed by atoms with van der Waals surface area (Å²) in [6, 6.07) is 43.2. The second kappa shape index (κ2) is 50.9. The number of amides is 5. The summed E-state index contributed by atoms with van der Waals surface area (Å²) in [5.41, 5.74) is 13.0. The van der Waals surface area contributed by atoms with E-state index in [0.29, 0.717) is 91.0 Å². The number of nitrogen functional groups attached to an aromatic ring is 1. The summed E-state index contributed by atoms with van der Waals surface area (Å²) in [5.74, 6) is 6.67. The van der Waals surface area contributed by atoms with Crippen LogP contribution in [0, 0.1) is 0 Å². The molecule has 0 saturated heterocycles. The molecule has 2 aromatic carbocycles. The number of carbonyl (C=O) groups excluding carboxylic acids is 10. The van der Waals surface area contributed by atoms with Crippen LogP contribution in [0.25, 0.3) is 27.6 Å². The van der Waals surface area contributed by atoms with Gasteiger partial charge in [-0.2, -0.15) is 25.4 Å². The van der Waals surface area contributed by atoms with E-state index in [4.69, 9.17) is 51.7 Å². The van der Waals surface area contributed by atoms with Gasteiger partial charge in [-0.25, -0.2) is 62.5 Å². The van der Waals surface area contributed by atoms with Crippen molar-refractivity contribution in [2.45, 2.75) is 175 Å². The van der Waals surface area contributed by atoms with Gasteiger partial charge in [0.15, 0.2) is 5.57 Å². The van der Waals surface area contributed by atoms with Gasteiger partial charge in [-0.3, -0.25) is 47.8 Å². The van der Waals surface area contributed by atoms with Crippen molar-refractivity contribution in [1.29, 1.82) is 0 Å². The van der Waals surface area contributed by atoms with Gasteiger partial charge in [-0.05, 0) is 244 Å². The molecule has 3 saturated carbocycles. The number of benzene rings is 2. The van der Waals surface area contributed by atoms with Crippen LogP contribution >= 0.6 is 11.6 Å². The molecular formula is C104H116ClN19O19. The quantitative estimate of drug-likeness (QED) is 0.00679. The number of anilines is 1. The number of hydrazine groups is 1. The highest BCUT2D eigenvalue weighted by Crippen LogP contribution is 2.41. The van der Waals surface area contributed by atoms with Crippen LogP contribution in [0.4, 0.5) is 10.5 Å². The van der Waals surface area contributed by atoms with Gasteiger partial charge in [-0.1, -0.05) is 93.7 Å². The lowest BCUT2D eigenvalue weighted by Crippen LogP contribution is -2.38. The predicted octanol–water partition coefficient (Wildman–Crippen LogP) is 17.2. The van der Waals surface area contributed by atoms with E-state index in [-0.39, 0.29) is 54.2 Å². The molecule has 13 aromatic heterocycles. The standard InChI is InChI=1S/C18H25N3O2.C16H20N2O2.C14H16N2O2.C12H16N2O4.C12H8N2O2.C10H9ClN2O2.C10H10N2O3.C8H6N2O2.C4H6N2/c1-18(2,3)23-17(22)20-14-12-19-21-11-7-10-15(21)16(14)13-8-5-4-6-9-13;1-2-20-16(19)13-11-17-18-10-6-9-14(18)15(13)12-7-4-3-5-8-12;17-14(18)11-9-15-16-8-4-7-12(16)13(11)10-5-2-1-3-6-10;1-3-17-11(15)10(12(16)18-4-2)9-13-14-7-5-6-8-14;15-11-9-5-1-2-6-10(9)12(16)14(11)13-7-3-4-8-13;1-2-15-10(14)7-6-12-13-5-3-4-8(13)9(7)11;1-2-15-10(14)7-6-11-12-5-3-4-8(12)9(7)13;9-10-7(11)5-3-1-2-4-6(5)8(10)12;5-6-3-1-2-4-6/h7,10-13H,4-6,8-9H2,1-3H3,(H,20,22);6,9-12H,2-5,7-8H2,1H3;4,7-10H,1-3,5-6H2,(H,17,18);5-9,13H,3-4H2,1-2H3;1-8H;3-6H,2H2,1H3;3-6,11H,2H2,1H3;1-4H,9H2;1-4H,5H2. The zero-order chi connectivity index (χ0) is 102. The number of fused-ring (bicyclic) bond motifs is 7. The van der Waals surface area contributed by atoms with Crippen molar-refractivity contribution in [3.8, 4) is 0 Å². The Morgan fingerprint density at radius 2 is 0.811 bits per heavy atom. The number of carbonyl (C=O) groups is 11. The maximum absolute atomic E-state index is 12.2. The van der Waals surface area contributed by atoms with Crippen molar-refractivity contribution in [3.05, 3.63) is 333 Å². The van der Waals surface area contributed by atoms with Gasteiger partial charge < -0.3 is 49.9 Å². The Morgan fingerprint density at radius 1 is 0.434 bits per heavy atom. The second-order valence-corrected chi connectivity index (χ2v) is 34.3. The number of carboxylic acid groups (broad SMARTS) is 1. The van der Waals surface area contributed by atoms with Crippen LogP contribution in [0.5, 0.6) is 0 Å². The summed E-state index contributed by atoms with van der Waals surface area (Å²) in [4.78, 5) is 140. The first-order valence-electron chi connectivity index (χ1n) is 47.2. The molecule has 15 aromatic rings. The summed E-state index contributed by atoms with van der Waals surface area (Å²) < 4.78 is 43.0. The number of hydrogen-bond acceptors (Lipinski definition) is 25. The molecule has 8 N–H and O–H groups in total. The van der Waals surface area contributed by atoms with Crippen molar-refractivity contribution in [2.24, 2.45) is 5.84 Å². The molecule has 3 aliphatic carbocycles. The van der Waals surface area contributed by atoms with Crippen molar-refractivity contribution < 1.29 is 86.3 Å². The van der Waals surface area contributed by atoms with Crippen molar-refractivity contribution in [2.75, 3.05) is 54.6 Å². The van der Waals surface area contributed by atoms with Gasteiger partial charge in [0.2, 0.25) is 5.43 Å². The molecule has 748 valence electrons. The van der Waals surface area contributed by atoms with E-state index in [1.807, 2.05) is 104 Å². The molecule has 39 heteroatoms. The number of aromatic nitrogens is 13. The largest absolute Gasteiger partial charge is 0.478 e. The van der Waals surface area contributed by atoms with Crippen molar-refractivity contribution in [1.82, 2.24) is 67.1 Å². The number of carboxylic acids is 1. The number of H-pyrrole nitrogens is 1. The van der Waals surface area contributed by atoms with E-state index in [0.717, 1.165) is 76.9 Å². The Balaban J connectivity index is 0.000000145. The first-order valence-corrected chi connectivity index (χ1v) is 47.6. The van der Waals surface area contributed by atoms with Gasteiger partial charge in [0, 0.05) is 86.1 Å². The number of esters is 5. The SMILES string of the molecule is CC(C)(C)OC(=O)Nc1cnn2cccc2c1C1CCCCC1.CCOC(=O)C(=CNn1cccc1)C(=O)OCC.CCOC(=O)c1c[nH]n2cccc2c1=O.CCOC(=O)c1cnn2cccc2c1C1CCCCC1.CCOC(=O)c1cnn2cccc2c1Cl.NN1C(=O)c2ccccc2C1=O.Nn1cccc1.O=C(O)c1cnn2cccc2c1C1CCCCC1.O=C1c2ccccc2C(=O)N1n1cccc1. The zero-order valence-corrected chi connectivity index (χ0v) is 81.4. The number of ether oxygens (including phenoxy) is 6. The number of nitrogens with two attached hydrogens (primary N) is 2. The average molecular weight is 1970 g/mol. The summed E-state index contributed by atoms with van der Waals surface area (Å²) in [7, 11) is 0. The lowest BCUT2D eigenvalue weighted by molar-refractivity contribution is -0.146. The molecule has 38 nitrogen and oxygen atoms in total. The number of nitrogens with zero attached hydrogens (tertiary/aromatic N) is 14. The molecule has 15 heterocycles. The number of halogens is 1. The molecule has 3 fully saturated rings. The van der Waals surface area contributed by atoms with Crippen LogP contribution in [0.1, 0.15) is 269 Å². The van der Waals surface area contributed by atoms with Crippen molar-refractivity contribution in [3.63, 3.8) is 0 Å². The highest BCUT2D eigenvalue weighted by molar-refractivity contribution is 6.36. The Bertz CT molecular complexity index is 6910. The summed E-state index contributed by atoms with van der Waals surface area (Å²) in [5, 5.41) is 34.1. The third-order valence-electron chi connectivity index (χ3n) is 23.3. The molecule has 0 atom stereocenters. The van der Waals surface area contributed by atoms with Crippen LogP contribution in [0.2, 0.25) is 5.02 Å². The van der Waals surface area contributed by atoms with E-state index in [9.17, 15) is 62.6 Å². The molecule has 2 aliphatic heterocycles. The number of rotatable bonds is 18. The Hall–Kier alpha value is -16.5. The average Bonchev–Trinajstić information content (AvgIpc) is 1.79. The van der Waals surface area contributed by atoms with E-state index in [1.165, 1.54) is 97.5 Å². The first-order chi connectivity index (χ1) is 69.1. The van der Waals surface area contributed by atoms with Gasteiger partial charge in [0.25, 0.3) is 23.6 Å². The predicted molar refractivity (Wildman–Crippen MR) is 535 cm³/mol. The van der Waals surface area contributed by atoms with E-state index < -0.39 is 53.4 Å². The maximum Gasteiger partial charge on any atom is 0.412 e. The molecule has 0 radical (unpaired) electrons. The van der Waals surface area contributed by atoms with E-state index >= 15 is 0 Å². The van der Waals surface area contributed by atoms with Crippen LogP contribution in [0.3, 0.4) is 0 Å². The van der Waals surface area contributed by atoms with Crippen LogP contribution in [-0.2, 0) is 38.0 Å². The minimum absolute atomic E-state index is 0.0306. The molecule has 143 heavy (non-hydrogen) atoms. The van der Waals surface area contributed by atoms with Crippen molar-refractivity contribution >= 4 is 110 Å². The fourth-order valence-corrected chi connectivity index (χ4v) is 17.1. The van der Waals surface area contributed by atoms with Crippen LogP contribution in [-0.4, -0.2) is 176 Å². The summed E-state index contributed by atoms with van der Waals surface area (Å²) in [6.07, 6.45) is 46.0. The zero-order valence-electron chi connectivity index (χ0n) is 80.6. The van der Waals surface area contributed by atoms with Crippen LogP contribution in [0.15, 0.2) is 261 Å². The maximum atomic E-state index is 12.2. The molecule has 5 amide bonds. The van der Waals surface area contributed by atoms with Gasteiger partial charge in [-0.15, -0.1) is 0 Å². The number of hydrogen-bond donors (Lipinski definition) is 6. The van der Waals surface area contributed by atoms with E-state index in [2.05, 4.69) is 42.3 Å². The van der Waals surface area contributed by atoms with E-state index in [1.54, 1.807) is 199 Å². The Labute approximate surface area is 827 Å². The summed E-state index contributed by atoms with van der Waals surface area (Å²) >= 11 is 6.05. The van der Waals surface area contributed by atoms with Crippen LogP contribution < -0.4 is 32.9 Å². The molecule has 0 unspecified atom stereocenters. The molecule has 20 rings (SSSR count). The number of nitrogens with one attached hydrogen (secondary N) is 3. The molecule has 0 bridgehead atoms. The third kappa shape index (κ3) is 26.9. The Kier molecular flexibility index (Phi) is 37.5. The number of aromatic carboxylic acids is 1. The Morgan fingerprint density at radius 3 is 1.26 bits per heavy atom. The first kappa shape index (κ1) is 105. The van der Waals surface area contributed by atoms with Gasteiger partial charge in [0.05, 0.1) is 124 Å². The fourth-order valence-electron chi connectivity index (χ4n) is 16.8. The fraction of sp³-hybridized carbons (Fsp3) is 0.308. The summed E-state index contributed by atoms with van der Waals surface area (Å²) in [6.45, 7) is 15.6. The highest BCUT2D eigenvalue weighted by Gasteiger charge is 2.38. The number of aromatic amines is 1. The lowest BCUT2D eigenvalue weighted by Gasteiger charge is -2.26. The van der Waals surface area contributed by atoms with Gasteiger partial charge in [0.1, 0.15) is 22.2 Å².